The lowest BCUT2D eigenvalue weighted by molar-refractivity contribution is -0.729. The Labute approximate surface area is 454 Å². The van der Waals surface area contributed by atoms with E-state index < -0.39 is 0 Å². The van der Waals surface area contributed by atoms with Crippen LogP contribution in [-0.4, -0.2) is 0 Å². The zero-order chi connectivity index (χ0) is 52.0. The smallest absolute Gasteiger partial charge is 0.198 e. The highest BCUT2D eigenvalue weighted by Crippen LogP contribution is 2.50. The van der Waals surface area contributed by atoms with E-state index in [0.29, 0.717) is 6.04 Å². The number of fused-ring (bicyclic) bond motifs is 8. The molecule has 0 spiro atoms. The van der Waals surface area contributed by atoms with Crippen molar-refractivity contribution in [2.75, 3.05) is 0 Å². The van der Waals surface area contributed by atoms with E-state index in [4.69, 9.17) is 0 Å². The van der Waals surface area contributed by atoms with Crippen molar-refractivity contribution in [1.29, 1.82) is 0 Å². The highest BCUT2D eigenvalue weighted by Gasteiger charge is 2.51. The van der Waals surface area contributed by atoms with Crippen LogP contribution < -0.4 is 9.13 Å². The third-order valence-corrected chi connectivity index (χ3v) is 17.5. The van der Waals surface area contributed by atoms with Gasteiger partial charge in [-0.2, -0.15) is 9.13 Å². The molecule has 0 aliphatic carbocycles. The average Bonchev–Trinajstić information content (AvgIpc) is 3.52. The van der Waals surface area contributed by atoms with Crippen LogP contribution in [0.2, 0.25) is 0 Å². The van der Waals surface area contributed by atoms with Crippen molar-refractivity contribution in [2.45, 2.75) is 84.2 Å². The molecule has 2 atom stereocenters. The lowest BCUT2D eigenvalue weighted by Gasteiger charge is -2.41. The van der Waals surface area contributed by atoms with Gasteiger partial charge in [-0.05, 0) is 168 Å². The van der Waals surface area contributed by atoms with Crippen LogP contribution in [0.3, 0.4) is 0 Å². The van der Waals surface area contributed by atoms with Gasteiger partial charge in [0.15, 0.2) is 18.4 Å². The molecule has 3 heterocycles. The number of hydrogen-bond donors (Lipinski definition) is 0. The Hall–Kier alpha value is -8.46. The van der Waals surface area contributed by atoms with Crippen LogP contribution in [0.15, 0.2) is 237 Å². The zero-order valence-electron chi connectivity index (χ0n) is 44.9. The van der Waals surface area contributed by atoms with Gasteiger partial charge in [-0.25, -0.2) is 0 Å². The molecule has 2 heteroatoms. The Morgan fingerprint density at radius 1 is 0.416 bits per heavy atom. The van der Waals surface area contributed by atoms with Crippen molar-refractivity contribution in [3.05, 3.63) is 254 Å². The van der Waals surface area contributed by atoms with E-state index in [-0.39, 0.29) is 5.41 Å². The van der Waals surface area contributed by atoms with E-state index in [9.17, 15) is 0 Å². The van der Waals surface area contributed by atoms with Crippen molar-refractivity contribution < 1.29 is 9.13 Å². The summed E-state index contributed by atoms with van der Waals surface area (Å²) < 4.78 is 5.27. The number of benzene rings is 10. The van der Waals surface area contributed by atoms with Crippen molar-refractivity contribution in [3.63, 3.8) is 0 Å². The lowest BCUT2D eigenvalue weighted by atomic mass is 9.64. The fourth-order valence-electron chi connectivity index (χ4n) is 13.6. The monoisotopic (exact) mass is 995 g/mol. The van der Waals surface area contributed by atoms with E-state index in [1.165, 1.54) is 140 Å². The number of aryl methyl sites for hydroxylation is 3. The molecule has 10 aromatic carbocycles. The first-order chi connectivity index (χ1) is 37.9. The third kappa shape index (κ3) is 8.43. The maximum Gasteiger partial charge on any atom is 0.220 e. The number of aromatic nitrogens is 2. The molecule has 77 heavy (non-hydrogen) atoms. The normalized spacial score (nSPS) is 15.0. The second-order valence-electron chi connectivity index (χ2n) is 21.7. The Morgan fingerprint density at radius 3 is 1.68 bits per heavy atom. The standard InChI is InChI=1S/C75H66N2/c1-5-8-21-52-27-20-36-68-66(52)41-44-77-72(6-2)75(7-3,71-37-16-15-33-69(71)74(68)77)42-45-76-43-40-55-24-11-14-32-67(55)73(76)70-50-58(39-38-51(70)4)56-28-17-29-57(46-56)59-47-60(64-34-18-25-53-22-9-12-30-62(53)64)49-61(48-59)65-35-19-26-54-23-10-13-31-63(54)65/h9-20,22-41,43-44,46-50,72H,5-8,21,42,45H2,1-4H3/q+2. The van der Waals surface area contributed by atoms with E-state index in [2.05, 4.69) is 274 Å². The van der Waals surface area contributed by atoms with Gasteiger partial charge in [0, 0.05) is 25.0 Å². The van der Waals surface area contributed by atoms with Crippen molar-refractivity contribution in [2.24, 2.45) is 0 Å². The Kier molecular flexibility index (Phi) is 12.7. The Morgan fingerprint density at radius 2 is 0.974 bits per heavy atom. The summed E-state index contributed by atoms with van der Waals surface area (Å²) in [5.74, 6) is 0. The van der Waals surface area contributed by atoms with Gasteiger partial charge in [0.25, 0.3) is 0 Å². The summed E-state index contributed by atoms with van der Waals surface area (Å²) >= 11 is 0. The summed E-state index contributed by atoms with van der Waals surface area (Å²) in [5.41, 5.74) is 19.2. The molecular formula is C75H66N2+2. The predicted molar refractivity (Wildman–Crippen MR) is 325 cm³/mol. The molecule has 0 fully saturated rings. The van der Waals surface area contributed by atoms with Crippen LogP contribution >= 0.6 is 0 Å². The Bertz CT molecular complexity index is 4110. The van der Waals surface area contributed by atoms with E-state index in [1.807, 2.05) is 0 Å². The minimum absolute atomic E-state index is 0.0812. The maximum absolute atomic E-state index is 2.68. The molecule has 0 N–H and O–H groups in total. The summed E-state index contributed by atoms with van der Waals surface area (Å²) in [7, 11) is 0. The Balaban J connectivity index is 0.907. The van der Waals surface area contributed by atoms with Gasteiger partial charge in [-0.1, -0.05) is 191 Å². The van der Waals surface area contributed by atoms with Gasteiger partial charge in [0.05, 0.1) is 27.3 Å². The van der Waals surface area contributed by atoms with Gasteiger partial charge < -0.3 is 0 Å². The molecule has 0 amide bonds. The third-order valence-electron chi connectivity index (χ3n) is 17.5. The summed E-state index contributed by atoms with van der Waals surface area (Å²) in [6, 6.07) is 84.9. The first kappa shape index (κ1) is 48.2. The molecule has 2 nitrogen and oxygen atoms in total. The molecule has 0 saturated carbocycles. The molecule has 1 aliphatic rings. The van der Waals surface area contributed by atoms with Crippen LogP contribution in [0, 0.1) is 6.92 Å². The molecule has 0 radical (unpaired) electrons. The fraction of sp³-hybridized carbons (Fsp3) is 0.173. The molecule has 374 valence electrons. The second kappa shape index (κ2) is 20.2. The van der Waals surface area contributed by atoms with Gasteiger partial charge in [0.2, 0.25) is 11.4 Å². The number of nitrogens with zero attached hydrogens (tertiary/aromatic N) is 2. The molecular weight excluding hydrogens is 929 g/mol. The SMILES string of the molecule is CCCCc1cccc2c3[n+](ccc12)C(CC)C(CC)(CC[n+]1ccc2ccccc2c1-c1cc(-c2cccc(-c4cc(-c5cccc6ccccc56)cc(-c5cccc6ccccc56)c4)c2)ccc1C)c1ccccc1-3. The van der Waals surface area contributed by atoms with E-state index in [1.54, 1.807) is 0 Å². The highest BCUT2D eigenvalue weighted by molar-refractivity contribution is 6.02. The predicted octanol–water partition coefficient (Wildman–Crippen LogP) is 19.2. The fourth-order valence-corrected chi connectivity index (χ4v) is 13.6. The molecule has 2 unspecified atom stereocenters. The van der Waals surface area contributed by atoms with Crippen molar-refractivity contribution >= 4 is 43.1 Å². The topological polar surface area (TPSA) is 7.76 Å². The molecule has 2 aromatic heterocycles. The van der Waals surface area contributed by atoms with Crippen LogP contribution in [0.4, 0.5) is 0 Å². The summed E-state index contributed by atoms with van der Waals surface area (Å²) in [5, 5.41) is 10.3. The first-order valence-electron chi connectivity index (χ1n) is 28.2. The molecule has 0 bridgehead atoms. The van der Waals surface area contributed by atoms with E-state index in [0.717, 1.165) is 32.2 Å². The van der Waals surface area contributed by atoms with Gasteiger partial charge in [0.1, 0.15) is 6.54 Å². The van der Waals surface area contributed by atoms with Gasteiger partial charge in [-0.3, -0.25) is 0 Å². The van der Waals surface area contributed by atoms with Crippen molar-refractivity contribution in [1.82, 2.24) is 0 Å². The van der Waals surface area contributed by atoms with E-state index >= 15 is 0 Å². The number of hydrogen-bond acceptors (Lipinski definition) is 0. The van der Waals surface area contributed by atoms with Crippen LogP contribution in [0.5, 0.6) is 0 Å². The summed E-state index contributed by atoms with van der Waals surface area (Å²) in [6.45, 7) is 10.3. The number of rotatable bonds is 13. The maximum atomic E-state index is 2.68. The highest BCUT2D eigenvalue weighted by atomic mass is 15.0. The quantitative estimate of drug-likeness (QED) is 0.102. The summed E-state index contributed by atoms with van der Waals surface area (Å²) in [6.07, 6.45) is 11.4. The molecule has 1 aliphatic heterocycles. The molecule has 12 aromatic rings. The summed E-state index contributed by atoms with van der Waals surface area (Å²) in [4.78, 5) is 0. The average molecular weight is 995 g/mol. The lowest BCUT2D eigenvalue weighted by Crippen LogP contribution is -2.56. The van der Waals surface area contributed by atoms with Gasteiger partial charge in [-0.15, -0.1) is 0 Å². The largest absolute Gasteiger partial charge is 0.220 e. The van der Waals surface area contributed by atoms with Gasteiger partial charge >= 0.3 is 0 Å². The van der Waals surface area contributed by atoms with Crippen LogP contribution in [0.1, 0.15) is 75.6 Å². The van der Waals surface area contributed by atoms with Crippen LogP contribution in [0.25, 0.3) is 110 Å². The number of pyridine rings is 2. The van der Waals surface area contributed by atoms with Crippen molar-refractivity contribution in [3.8, 4) is 67.0 Å². The number of unbranched alkanes of at least 4 members (excludes halogenated alkanes) is 1. The minimum Gasteiger partial charge on any atom is -0.198 e. The molecule has 0 saturated heterocycles. The first-order valence-corrected chi connectivity index (χ1v) is 28.2. The molecule has 13 rings (SSSR count). The van der Waals surface area contributed by atoms with Crippen LogP contribution in [-0.2, 0) is 18.4 Å². The minimum atomic E-state index is -0.0812. The second-order valence-corrected chi connectivity index (χ2v) is 21.7. The zero-order valence-corrected chi connectivity index (χ0v) is 44.9.